The predicted molar refractivity (Wildman–Crippen MR) is 84.6 cm³/mol. The smallest absolute Gasteiger partial charge is 0.372 e. The Morgan fingerprint density at radius 2 is 2.30 bits per heavy atom. The van der Waals surface area contributed by atoms with Gasteiger partial charge in [0.2, 0.25) is 17.4 Å². The topological polar surface area (TPSA) is 102 Å². The Bertz CT molecular complexity index is 700. The van der Waals surface area contributed by atoms with E-state index in [2.05, 4.69) is 10.3 Å². The number of likely N-dealkylation sites (N-methyl/N-ethyl adjacent to an activating group) is 1. The first-order valence-electron chi connectivity index (χ1n) is 7.13. The van der Waals surface area contributed by atoms with Crippen molar-refractivity contribution in [1.29, 1.82) is 0 Å². The quantitative estimate of drug-likeness (QED) is 0.439. The molecule has 0 radical (unpaired) electrons. The van der Waals surface area contributed by atoms with Crippen molar-refractivity contribution in [3.05, 3.63) is 34.5 Å². The van der Waals surface area contributed by atoms with Crippen molar-refractivity contribution in [2.45, 2.75) is 6.42 Å². The van der Waals surface area contributed by atoms with Crippen LogP contribution >= 0.6 is 0 Å². The summed E-state index contributed by atoms with van der Waals surface area (Å²) in [7, 11) is 3.20. The number of nitrogens with zero attached hydrogens (tertiary/aromatic N) is 4. The lowest BCUT2D eigenvalue weighted by molar-refractivity contribution is -0.389. The standard InChI is InChI=1S/C14H19N5O4/c1-17(10-12(20)15-7-5-9-23-2)13-14(19(21)22)18-8-4-3-6-11(18)16-13/h3-4,6,8H,5,7,9-10H2,1-2H3,(H,15,20). The van der Waals surface area contributed by atoms with E-state index in [0.29, 0.717) is 25.2 Å². The van der Waals surface area contributed by atoms with Crippen molar-refractivity contribution < 1.29 is 14.5 Å². The van der Waals surface area contributed by atoms with Crippen LogP contribution in [0.5, 0.6) is 0 Å². The number of anilines is 1. The fourth-order valence-electron chi connectivity index (χ4n) is 2.19. The SMILES string of the molecule is COCCCNC(=O)CN(C)c1nc2ccccn2c1[N+](=O)[O-]. The van der Waals surface area contributed by atoms with Gasteiger partial charge in [-0.1, -0.05) is 6.07 Å². The fourth-order valence-corrected chi connectivity index (χ4v) is 2.19. The van der Waals surface area contributed by atoms with Crippen LogP contribution in [-0.4, -0.2) is 54.1 Å². The van der Waals surface area contributed by atoms with Crippen LogP contribution in [0.25, 0.3) is 5.65 Å². The van der Waals surface area contributed by atoms with Crippen LogP contribution in [0.4, 0.5) is 11.6 Å². The van der Waals surface area contributed by atoms with Crippen LogP contribution in [0.15, 0.2) is 24.4 Å². The maximum atomic E-state index is 11.9. The number of methoxy groups -OCH3 is 1. The number of ether oxygens (including phenoxy) is 1. The van der Waals surface area contributed by atoms with Crippen LogP contribution in [0, 0.1) is 10.1 Å². The van der Waals surface area contributed by atoms with E-state index in [9.17, 15) is 14.9 Å². The molecule has 1 N–H and O–H groups in total. The molecule has 0 aliphatic heterocycles. The number of nitro groups is 1. The molecule has 0 fully saturated rings. The van der Waals surface area contributed by atoms with E-state index >= 15 is 0 Å². The number of carbonyl (C=O) groups excluding carboxylic acids is 1. The number of imidazole rings is 1. The summed E-state index contributed by atoms with van der Waals surface area (Å²) in [5, 5.41) is 14.1. The molecular formula is C14H19N5O4. The Balaban J connectivity index is 2.11. The molecule has 0 unspecified atom stereocenters. The predicted octanol–water partition coefficient (Wildman–Crippen LogP) is 0.831. The summed E-state index contributed by atoms with van der Waals surface area (Å²) in [6.07, 6.45) is 2.28. The summed E-state index contributed by atoms with van der Waals surface area (Å²) in [5.41, 5.74) is 0.460. The zero-order chi connectivity index (χ0) is 16.8. The van der Waals surface area contributed by atoms with Gasteiger partial charge in [-0.15, -0.1) is 0 Å². The van der Waals surface area contributed by atoms with E-state index in [-0.39, 0.29) is 24.1 Å². The monoisotopic (exact) mass is 321 g/mol. The van der Waals surface area contributed by atoms with Crippen LogP contribution < -0.4 is 10.2 Å². The molecule has 0 spiro atoms. The first-order chi connectivity index (χ1) is 11.0. The van der Waals surface area contributed by atoms with E-state index in [1.54, 1.807) is 38.6 Å². The van der Waals surface area contributed by atoms with Crippen LogP contribution in [0.3, 0.4) is 0 Å². The molecule has 0 aliphatic rings. The highest BCUT2D eigenvalue weighted by Gasteiger charge is 2.26. The Labute approximate surface area is 133 Å². The molecule has 9 heteroatoms. The zero-order valence-corrected chi connectivity index (χ0v) is 13.1. The van der Waals surface area contributed by atoms with Crippen LogP contribution in [0.1, 0.15) is 6.42 Å². The Morgan fingerprint density at radius 1 is 1.52 bits per heavy atom. The molecule has 1 amide bonds. The summed E-state index contributed by atoms with van der Waals surface area (Å²) in [6, 6.07) is 5.11. The van der Waals surface area contributed by atoms with Gasteiger partial charge >= 0.3 is 5.82 Å². The van der Waals surface area contributed by atoms with E-state index in [1.165, 1.54) is 9.30 Å². The second-order valence-corrected chi connectivity index (χ2v) is 5.00. The Morgan fingerprint density at radius 3 is 3.00 bits per heavy atom. The van der Waals surface area contributed by atoms with Crippen molar-refractivity contribution >= 4 is 23.2 Å². The molecule has 23 heavy (non-hydrogen) atoms. The molecule has 0 atom stereocenters. The molecule has 2 heterocycles. The number of aromatic nitrogens is 2. The van der Waals surface area contributed by atoms with Gasteiger partial charge in [0.05, 0.1) is 12.7 Å². The van der Waals surface area contributed by atoms with Crippen molar-refractivity contribution in [3.8, 4) is 0 Å². The molecule has 2 aromatic rings. The van der Waals surface area contributed by atoms with Gasteiger partial charge in [0.25, 0.3) is 0 Å². The summed E-state index contributed by atoms with van der Waals surface area (Å²) in [5.74, 6) is -0.224. The molecular weight excluding hydrogens is 302 g/mol. The van der Waals surface area contributed by atoms with E-state index < -0.39 is 4.92 Å². The number of carbonyl (C=O) groups is 1. The van der Waals surface area contributed by atoms with Gasteiger partial charge in [-0.25, -0.2) is 0 Å². The van der Waals surface area contributed by atoms with E-state index in [1.807, 2.05) is 0 Å². The van der Waals surface area contributed by atoms with Crippen molar-refractivity contribution in [3.63, 3.8) is 0 Å². The minimum absolute atomic E-state index is 0.0162. The van der Waals surface area contributed by atoms with E-state index in [0.717, 1.165) is 0 Å². The normalized spacial score (nSPS) is 10.7. The van der Waals surface area contributed by atoms with Crippen molar-refractivity contribution in [2.75, 3.05) is 38.8 Å². The van der Waals surface area contributed by atoms with Gasteiger partial charge in [-0.3, -0.25) is 4.79 Å². The van der Waals surface area contributed by atoms with Gasteiger partial charge in [0.1, 0.15) is 0 Å². The molecule has 124 valence electrons. The van der Waals surface area contributed by atoms with Crippen LogP contribution in [0.2, 0.25) is 0 Å². The third-order valence-corrected chi connectivity index (χ3v) is 3.25. The highest BCUT2D eigenvalue weighted by Crippen LogP contribution is 2.27. The van der Waals surface area contributed by atoms with Crippen LogP contribution in [-0.2, 0) is 9.53 Å². The largest absolute Gasteiger partial charge is 0.385 e. The molecule has 0 aliphatic carbocycles. The highest BCUT2D eigenvalue weighted by atomic mass is 16.6. The summed E-state index contributed by atoms with van der Waals surface area (Å²) in [6.45, 7) is 1.04. The molecule has 0 aromatic carbocycles. The number of rotatable bonds is 8. The minimum atomic E-state index is -0.498. The summed E-state index contributed by atoms with van der Waals surface area (Å²) < 4.78 is 6.29. The third kappa shape index (κ3) is 3.95. The van der Waals surface area contributed by atoms with Gasteiger partial charge in [-0.2, -0.15) is 9.38 Å². The van der Waals surface area contributed by atoms with Gasteiger partial charge in [0, 0.05) is 33.4 Å². The lowest BCUT2D eigenvalue weighted by Gasteiger charge is -2.15. The molecule has 2 aromatic heterocycles. The number of hydrogen-bond donors (Lipinski definition) is 1. The second kappa shape index (κ2) is 7.54. The average Bonchev–Trinajstić information content (AvgIpc) is 2.91. The first kappa shape index (κ1) is 16.7. The van der Waals surface area contributed by atoms with Crippen molar-refractivity contribution in [1.82, 2.24) is 14.7 Å². The number of nitrogens with one attached hydrogen (secondary N) is 1. The lowest BCUT2D eigenvalue weighted by Crippen LogP contribution is -2.36. The van der Waals surface area contributed by atoms with Gasteiger partial charge < -0.3 is 25.1 Å². The lowest BCUT2D eigenvalue weighted by atomic mass is 10.4. The molecule has 0 saturated carbocycles. The number of pyridine rings is 1. The Kier molecular flexibility index (Phi) is 5.47. The number of fused-ring (bicyclic) bond motifs is 1. The molecule has 9 nitrogen and oxygen atoms in total. The van der Waals surface area contributed by atoms with Crippen molar-refractivity contribution in [2.24, 2.45) is 0 Å². The third-order valence-electron chi connectivity index (χ3n) is 3.25. The maximum absolute atomic E-state index is 11.9. The first-order valence-corrected chi connectivity index (χ1v) is 7.13. The highest BCUT2D eigenvalue weighted by molar-refractivity contribution is 5.82. The number of amides is 1. The maximum Gasteiger partial charge on any atom is 0.372 e. The molecule has 2 rings (SSSR count). The summed E-state index contributed by atoms with van der Waals surface area (Å²) >= 11 is 0. The van der Waals surface area contributed by atoms with Gasteiger partial charge in [-0.05, 0) is 17.4 Å². The molecule has 0 bridgehead atoms. The number of hydrogen-bond acceptors (Lipinski definition) is 6. The Hall–Kier alpha value is -2.68. The molecule has 0 saturated heterocycles. The van der Waals surface area contributed by atoms with E-state index in [4.69, 9.17) is 4.74 Å². The zero-order valence-electron chi connectivity index (χ0n) is 13.1. The summed E-state index contributed by atoms with van der Waals surface area (Å²) in [4.78, 5) is 28.4. The minimum Gasteiger partial charge on any atom is -0.385 e. The second-order valence-electron chi connectivity index (χ2n) is 5.00. The fraction of sp³-hybridized carbons (Fsp3) is 0.429. The average molecular weight is 321 g/mol. The van der Waals surface area contributed by atoms with Gasteiger partial charge in [0.15, 0.2) is 0 Å².